The van der Waals surface area contributed by atoms with E-state index >= 15 is 0 Å². The monoisotopic (exact) mass is 258 g/mol. The number of nitrogens with one attached hydrogen (secondary N) is 1. The van der Waals surface area contributed by atoms with Gasteiger partial charge in [0.05, 0.1) is 0 Å². The first-order valence-electron chi connectivity index (χ1n) is 4.67. The molecule has 0 aliphatic rings. The summed E-state index contributed by atoms with van der Waals surface area (Å²) in [5.74, 6) is 0. The molecule has 92 valence electrons. The van der Waals surface area contributed by atoms with Crippen LogP contribution in [0.5, 0.6) is 0 Å². The predicted octanol–water partition coefficient (Wildman–Crippen LogP) is -0.00951. The number of rotatable bonds is 3. The molecule has 0 bridgehead atoms. The minimum Gasteiger partial charge on any atom is -0.303 e. The van der Waals surface area contributed by atoms with Gasteiger partial charge >= 0.3 is 7.82 Å². The molecule has 0 saturated heterocycles. The second-order valence-electron chi connectivity index (χ2n) is 3.45. The first-order chi connectivity index (χ1) is 7.88. The first-order valence-corrected chi connectivity index (χ1v) is 6.20. The van der Waals surface area contributed by atoms with Crippen LogP contribution in [0.3, 0.4) is 0 Å². The van der Waals surface area contributed by atoms with Gasteiger partial charge in [-0.15, -0.1) is 0 Å². The van der Waals surface area contributed by atoms with Crippen LogP contribution in [0.2, 0.25) is 0 Å². The molecule has 2 aromatic rings. The fourth-order valence-corrected chi connectivity index (χ4v) is 1.79. The Balaban J connectivity index is 2.48. The van der Waals surface area contributed by atoms with Crippen LogP contribution >= 0.6 is 7.82 Å². The summed E-state index contributed by atoms with van der Waals surface area (Å²) in [5, 5.41) is 7.59. The molecule has 2 aromatic heterocycles. The van der Waals surface area contributed by atoms with Crippen LogP contribution in [0.1, 0.15) is 5.69 Å². The van der Waals surface area contributed by atoms with Crippen molar-refractivity contribution in [3.8, 4) is 0 Å². The van der Waals surface area contributed by atoms with Crippen LogP contribution in [0.25, 0.3) is 5.52 Å². The maximum Gasteiger partial charge on any atom is 0.471 e. The van der Waals surface area contributed by atoms with Gasteiger partial charge in [-0.2, -0.15) is 0 Å². The molecule has 9 heteroatoms. The number of aromatic nitrogens is 3. The Labute approximate surface area is 95.8 Å². The number of hydrogen-bond donors (Lipinski definition) is 3. The quantitative estimate of drug-likeness (QED) is 0.670. The van der Waals surface area contributed by atoms with Gasteiger partial charge in [-0.3, -0.25) is 14.4 Å². The van der Waals surface area contributed by atoms with Crippen molar-refractivity contribution in [2.45, 2.75) is 13.7 Å². The van der Waals surface area contributed by atoms with Crippen LogP contribution in [0.15, 0.2) is 18.5 Å². The Morgan fingerprint density at radius 1 is 1.53 bits per heavy atom. The molecule has 17 heavy (non-hydrogen) atoms. The minimum atomic E-state index is -4.53. The largest absolute Gasteiger partial charge is 0.471 e. The van der Waals surface area contributed by atoms with E-state index in [2.05, 4.69) is 9.51 Å². The maximum atomic E-state index is 10.6. The highest BCUT2D eigenvalue weighted by Gasteiger charge is 2.14. The highest BCUT2D eigenvalue weighted by Crippen LogP contribution is 2.35. The van der Waals surface area contributed by atoms with E-state index in [1.165, 1.54) is 11.0 Å². The van der Waals surface area contributed by atoms with Gasteiger partial charge in [0, 0.05) is 5.69 Å². The smallest absolute Gasteiger partial charge is 0.303 e. The third-order valence-electron chi connectivity index (χ3n) is 2.22. The fourth-order valence-electron chi connectivity index (χ4n) is 1.52. The zero-order chi connectivity index (χ0) is 12.6. The summed E-state index contributed by atoms with van der Waals surface area (Å²) >= 11 is 0. The lowest BCUT2D eigenvalue weighted by Crippen LogP contribution is -2.20. The third kappa shape index (κ3) is 2.45. The molecular formula is C8H11N4O4P. The minimum absolute atomic E-state index is 0.0885. The molecule has 0 radical (unpaired) electrons. The topological polar surface area (TPSA) is 113 Å². The van der Waals surface area contributed by atoms with E-state index in [0.29, 0.717) is 5.52 Å². The van der Waals surface area contributed by atoms with E-state index in [4.69, 9.17) is 15.2 Å². The Morgan fingerprint density at radius 2 is 2.24 bits per heavy atom. The summed E-state index contributed by atoms with van der Waals surface area (Å²) in [4.78, 5) is 21.1. The maximum absolute atomic E-state index is 10.6. The van der Waals surface area contributed by atoms with Crippen molar-refractivity contribution in [1.82, 2.24) is 14.2 Å². The van der Waals surface area contributed by atoms with E-state index < -0.39 is 7.82 Å². The van der Waals surface area contributed by atoms with Crippen molar-refractivity contribution < 1.29 is 18.9 Å². The summed E-state index contributed by atoms with van der Waals surface area (Å²) in [6.45, 7) is 1.46. The van der Waals surface area contributed by atoms with Crippen LogP contribution in [0, 0.1) is 12.3 Å². The molecule has 2 rings (SSSR count). The number of aryl methyl sites for hydroxylation is 1. The lowest BCUT2D eigenvalue weighted by atomic mass is 10.5. The number of nitrogens with zero attached hydrogens (tertiary/aromatic N) is 3. The molecular weight excluding hydrogens is 247 g/mol. The van der Waals surface area contributed by atoms with Gasteiger partial charge in [-0.1, -0.05) is 0 Å². The van der Waals surface area contributed by atoms with Crippen LogP contribution in [0.4, 0.5) is 0 Å². The van der Waals surface area contributed by atoms with Gasteiger partial charge in [-0.25, -0.2) is 14.2 Å². The molecule has 0 spiro atoms. The molecule has 2 heterocycles. The summed E-state index contributed by atoms with van der Waals surface area (Å²) < 4.78 is 18.0. The van der Waals surface area contributed by atoms with Crippen molar-refractivity contribution in [2.75, 3.05) is 0 Å². The Hall–Kier alpha value is -1.47. The van der Waals surface area contributed by atoms with Gasteiger partial charge in [0.1, 0.15) is 11.8 Å². The Kier molecular flexibility index (Phi) is 2.88. The zero-order valence-corrected chi connectivity index (χ0v) is 9.83. The molecule has 0 unspecified atom stereocenters. The number of phosphoric acid groups is 1. The predicted molar refractivity (Wildman–Crippen MR) is 56.9 cm³/mol. The van der Waals surface area contributed by atoms with Gasteiger partial charge < -0.3 is 9.79 Å². The van der Waals surface area contributed by atoms with Crippen LogP contribution in [-0.2, 0) is 15.8 Å². The highest BCUT2D eigenvalue weighted by molar-refractivity contribution is 7.46. The lowest BCUT2D eigenvalue weighted by molar-refractivity contribution is 0.140. The highest BCUT2D eigenvalue weighted by atomic mass is 31.2. The normalized spacial score (nSPS) is 12.2. The Morgan fingerprint density at radius 3 is 2.88 bits per heavy atom. The second kappa shape index (κ2) is 4.08. The standard InChI is InChI=1S/C8H11N4O4P/c1-6-2-3-7-8(9)10-4-11(12(6)7)5-16-17(13,14)15/h2-4,9H,5H2,1H3,(H2,13,14,15). The molecule has 0 aromatic carbocycles. The van der Waals surface area contributed by atoms with E-state index in [1.807, 2.05) is 0 Å². The SMILES string of the molecule is Cc1ccc2c(=N)ncn(COP(=O)(O)O)n12. The molecule has 0 aliphatic heterocycles. The molecule has 0 saturated carbocycles. The first kappa shape index (κ1) is 12.0. The summed E-state index contributed by atoms with van der Waals surface area (Å²) in [7, 11) is -4.53. The van der Waals surface area contributed by atoms with Crippen molar-refractivity contribution in [3.63, 3.8) is 0 Å². The van der Waals surface area contributed by atoms with Crippen molar-refractivity contribution >= 4 is 13.3 Å². The lowest BCUT2D eigenvalue weighted by Gasteiger charge is -2.12. The van der Waals surface area contributed by atoms with Gasteiger partial charge in [0.25, 0.3) is 0 Å². The molecule has 8 nitrogen and oxygen atoms in total. The Bertz CT molecular complexity index is 655. The van der Waals surface area contributed by atoms with Gasteiger partial charge in [0.2, 0.25) is 0 Å². The molecule has 0 fully saturated rings. The van der Waals surface area contributed by atoms with Crippen molar-refractivity contribution in [1.29, 1.82) is 5.41 Å². The van der Waals surface area contributed by atoms with E-state index in [9.17, 15) is 4.57 Å². The molecule has 0 aliphatic carbocycles. The van der Waals surface area contributed by atoms with Crippen LogP contribution < -0.4 is 5.49 Å². The fraction of sp³-hybridized carbons (Fsp3) is 0.250. The van der Waals surface area contributed by atoms with Crippen molar-refractivity contribution in [3.05, 3.63) is 29.6 Å². The summed E-state index contributed by atoms with van der Waals surface area (Å²) in [6.07, 6.45) is 1.29. The number of hydrogen-bond acceptors (Lipinski definition) is 4. The third-order valence-corrected chi connectivity index (χ3v) is 2.67. The second-order valence-corrected chi connectivity index (χ2v) is 4.69. The zero-order valence-electron chi connectivity index (χ0n) is 8.94. The van der Waals surface area contributed by atoms with E-state index in [-0.39, 0.29) is 12.2 Å². The van der Waals surface area contributed by atoms with Gasteiger partial charge in [0.15, 0.2) is 12.2 Å². The number of fused-ring (bicyclic) bond motifs is 1. The summed E-state index contributed by atoms with van der Waals surface area (Å²) in [6, 6.07) is 3.49. The van der Waals surface area contributed by atoms with Gasteiger partial charge in [-0.05, 0) is 19.1 Å². The van der Waals surface area contributed by atoms with E-state index in [1.54, 1.807) is 23.6 Å². The summed E-state index contributed by atoms with van der Waals surface area (Å²) in [5.41, 5.74) is 1.44. The average Bonchev–Trinajstić information content (AvgIpc) is 2.60. The average molecular weight is 258 g/mol. The van der Waals surface area contributed by atoms with E-state index in [0.717, 1.165) is 5.69 Å². The van der Waals surface area contributed by atoms with Crippen molar-refractivity contribution in [2.24, 2.45) is 0 Å². The molecule has 0 atom stereocenters. The van der Waals surface area contributed by atoms with Crippen LogP contribution in [-0.4, -0.2) is 24.0 Å². The molecule has 0 amide bonds. The molecule has 3 N–H and O–H groups in total. The number of phosphoric ester groups is 1.